The maximum absolute atomic E-state index is 12.8. The lowest BCUT2D eigenvalue weighted by atomic mass is 9.44. The molecule has 4 rings (SSSR count). The number of hydrogen-bond donors (Lipinski definition) is 2. The molecule has 1 aromatic carbocycles. The van der Waals surface area contributed by atoms with E-state index >= 15 is 0 Å². The van der Waals surface area contributed by atoms with E-state index < -0.39 is 40.4 Å². The van der Waals surface area contributed by atoms with Crippen LogP contribution in [0.5, 0.6) is 0 Å². The van der Waals surface area contributed by atoms with Crippen LogP contribution in [0.15, 0.2) is 30.3 Å². The van der Waals surface area contributed by atoms with Crippen molar-refractivity contribution in [2.24, 2.45) is 22.7 Å². The summed E-state index contributed by atoms with van der Waals surface area (Å²) in [6.07, 6.45) is 1.93. The van der Waals surface area contributed by atoms with Crippen LogP contribution in [-0.4, -0.2) is 47.1 Å². The Labute approximate surface area is 164 Å². The number of aliphatic hydroxyl groups excluding tert-OH is 1. The van der Waals surface area contributed by atoms with Crippen LogP contribution in [0.3, 0.4) is 0 Å². The Morgan fingerprint density at radius 1 is 1.25 bits per heavy atom. The Balaban J connectivity index is 1.74. The molecule has 1 heterocycles. The molecule has 6 heteroatoms. The Morgan fingerprint density at radius 2 is 1.96 bits per heavy atom. The number of carbonyl (C=O) groups excluding carboxylic acids is 2. The number of hydrogen-bond acceptors (Lipinski definition) is 6. The number of cyclic esters (lactones) is 1. The van der Waals surface area contributed by atoms with Crippen molar-refractivity contribution in [1.29, 1.82) is 0 Å². The maximum atomic E-state index is 12.8. The first-order chi connectivity index (χ1) is 13.2. The van der Waals surface area contributed by atoms with Crippen LogP contribution in [0.2, 0.25) is 0 Å². The quantitative estimate of drug-likeness (QED) is 0.772. The van der Waals surface area contributed by atoms with Crippen molar-refractivity contribution in [3.8, 4) is 0 Å². The van der Waals surface area contributed by atoms with Gasteiger partial charge in [0.2, 0.25) is 0 Å². The molecule has 3 aliphatic rings. The van der Waals surface area contributed by atoms with Gasteiger partial charge in [-0.2, -0.15) is 0 Å². The molecule has 0 aromatic heterocycles. The predicted molar refractivity (Wildman–Crippen MR) is 100 cm³/mol. The summed E-state index contributed by atoms with van der Waals surface area (Å²) in [7, 11) is 0. The highest BCUT2D eigenvalue weighted by molar-refractivity contribution is 5.89. The summed E-state index contributed by atoms with van der Waals surface area (Å²) in [5, 5.41) is 21.8. The van der Waals surface area contributed by atoms with E-state index in [1.807, 2.05) is 19.9 Å². The molecule has 2 aliphatic carbocycles. The second-order valence-corrected chi connectivity index (χ2v) is 9.19. The summed E-state index contributed by atoms with van der Waals surface area (Å²) in [5.74, 6) is -1.87. The van der Waals surface area contributed by atoms with Crippen LogP contribution in [0.4, 0.5) is 0 Å². The standard InChI is InChI=1S/C22H28O6/c1-20(12-23)9-6-10-21(2)17(20)16(11-15-19(25)27-13-22(15,21)26)28-18(24)14-7-4-3-5-8-14/h3-5,7-8,15-17,23,26H,6,9-13H2,1-2H3/t15-,16-,17+,20-,21-,22+/m0/s1. The number of carbonyl (C=O) groups is 2. The lowest BCUT2D eigenvalue weighted by molar-refractivity contribution is -0.238. The number of ether oxygens (including phenoxy) is 2. The summed E-state index contributed by atoms with van der Waals surface area (Å²) < 4.78 is 11.2. The minimum Gasteiger partial charge on any atom is -0.462 e. The van der Waals surface area contributed by atoms with Gasteiger partial charge < -0.3 is 19.7 Å². The van der Waals surface area contributed by atoms with Crippen LogP contribution in [0.1, 0.15) is 49.9 Å². The summed E-state index contributed by atoms with van der Waals surface area (Å²) in [6.45, 7) is 3.84. The molecule has 3 fully saturated rings. The lowest BCUT2D eigenvalue weighted by Gasteiger charge is -2.62. The van der Waals surface area contributed by atoms with Crippen LogP contribution in [0, 0.1) is 22.7 Å². The molecule has 2 saturated carbocycles. The first-order valence-corrected chi connectivity index (χ1v) is 10.0. The smallest absolute Gasteiger partial charge is 0.338 e. The highest BCUT2D eigenvalue weighted by Gasteiger charge is 2.71. The first kappa shape index (κ1) is 19.4. The van der Waals surface area contributed by atoms with Crippen molar-refractivity contribution in [2.45, 2.75) is 51.2 Å². The van der Waals surface area contributed by atoms with E-state index in [4.69, 9.17) is 9.47 Å². The van der Waals surface area contributed by atoms with Crippen LogP contribution >= 0.6 is 0 Å². The van der Waals surface area contributed by atoms with Crippen molar-refractivity contribution >= 4 is 11.9 Å². The van der Waals surface area contributed by atoms with Gasteiger partial charge in [0, 0.05) is 24.4 Å². The van der Waals surface area contributed by atoms with Gasteiger partial charge >= 0.3 is 11.9 Å². The fraction of sp³-hybridized carbons (Fsp3) is 0.636. The zero-order valence-corrected chi connectivity index (χ0v) is 16.4. The van der Waals surface area contributed by atoms with E-state index in [0.29, 0.717) is 12.0 Å². The van der Waals surface area contributed by atoms with Gasteiger partial charge in [-0.25, -0.2) is 4.79 Å². The van der Waals surface area contributed by atoms with Crippen LogP contribution in [0.25, 0.3) is 0 Å². The number of fused-ring (bicyclic) bond motifs is 3. The van der Waals surface area contributed by atoms with Crippen molar-refractivity contribution < 1.29 is 29.3 Å². The normalized spacial score (nSPS) is 42.3. The number of aliphatic hydroxyl groups is 2. The minimum atomic E-state index is -1.30. The van der Waals surface area contributed by atoms with Gasteiger partial charge in [-0.05, 0) is 30.4 Å². The van der Waals surface area contributed by atoms with Crippen molar-refractivity contribution in [3.63, 3.8) is 0 Å². The van der Waals surface area contributed by atoms with E-state index in [0.717, 1.165) is 12.8 Å². The topological polar surface area (TPSA) is 93.1 Å². The highest BCUT2D eigenvalue weighted by atomic mass is 16.6. The fourth-order valence-corrected chi connectivity index (χ4v) is 6.16. The second kappa shape index (κ2) is 6.56. The van der Waals surface area contributed by atoms with Gasteiger partial charge in [0.25, 0.3) is 0 Å². The summed E-state index contributed by atoms with van der Waals surface area (Å²) in [5.41, 5.74) is -2.07. The van der Waals surface area contributed by atoms with E-state index in [9.17, 15) is 19.8 Å². The largest absolute Gasteiger partial charge is 0.462 e. The third-order valence-corrected chi connectivity index (χ3v) is 7.63. The molecule has 0 spiro atoms. The van der Waals surface area contributed by atoms with E-state index in [-0.39, 0.29) is 25.6 Å². The Bertz CT molecular complexity index is 778. The van der Waals surface area contributed by atoms with Crippen molar-refractivity contribution in [1.82, 2.24) is 0 Å². The summed E-state index contributed by atoms with van der Waals surface area (Å²) in [4.78, 5) is 25.2. The van der Waals surface area contributed by atoms with E-state index in [2.05, 4.69) is 0 Å². The molecule has 0 bridgehead atoms. The monoisotopic (exact) mass is 388 g/mol. The molecule has 1 aliphatic heterocycles. The molecule has 6 nitrogen and oxygen atoms in total. The third kappa shape index (κ3) is 2.61. The van der Waals surface area contributed by atoms with Crippen molar-refractivity contribution in [3.05, 3.63) is 35.9 Å². The zero-order chi connectivity index (χ0) is 20.2. The van der Waals surface area contributed by atoms with Gasteiger partial charge in [-0.3, -0.25) is 4.79 Å². The maximum Gasteiger partial charge on any atom is 0.338 e. The highest BCUT2D eigenvalue weighted by Crippen LogP contribution is 2.64. The average Bonchev–Trinajstić information content (AvgIpc) is 2.98. The Kier molecular flexibility index (Phi) is 4.55. The molecule has 1 aromatic rings. The minimum absolute atomic E-state index is 0.0373. The molecular formula is C22H28O6. The third-order valence-electron chi connectivity index (χ3n) is 7.63. The van der Waals surface area contributed by atoms with Gasteiger partial charge in [0.1, 0.15) is 18.3 Å². The summed E-state index contributed by atoms with van der Waals surface area (Å²) in [6, 6.07) is 8.75. The molecule has 0 amide bonds. The molecule has 2 N–H and O–H groups in total. The number of rotatable bonds is 3. The molecule has 0 radical (unpaired) electrons. The zero-order valence-electron chi connectivity index (χ0n) is 16.4. The molecule has 1 saturated heterocycles. The number of esters is 2. The SMILES string of the molecule is C[C@@]1(CO)CCC[C@@]2(C)[C@@H]1[C@@H](OC(=O)c1ccccc1)C[C@H]1C(=O)OC[C@@]12O. The van der Waals surface area contributed by atoms with Gasteiger partial charge in [0.05, 0.1) is 11.5 Å². The Hall–Kier alpha value is -1.92. The molecular weight excluding hydrogens is 360 g/mol. The average molecular weight is 388 g/mol. The molecule has 6 atom stereocenters. The van der Waals surface area contributed by atoms with E-state index in [1.54, 1.807) is 24.3 Å². The lowest BCUT2D eigenvalue weighted by Crippen LogP contribution is -2.68. The molecule has 28 heavy (non-hydrogen) atoms. The Morgan fingerprint density at radius 3 is 2.64 bits per heavy atom. The summed E-state index contributed by atoms with van der Waals surface area (Å²) >= 11 is 0. The second-order valence-electron chi connectivity index (χ2n) is 9.19. The van der Waals surface area contributed by atoms with Crippen LogP contribution in [-0.2, 0) is 14.3 Å². The van der Waals surface area contributed by atoms with Gasteiger partial charge in [0.15, 0.2) is 0 Å². The molecule has 152 valence electrons. The number of benzene rings is 1. The van der Waals surface area contributed by atoms with Gasteiger partial charge in [-0.15, -0.1) is 0 Å². The van der Waals surface area contributed by atoms with Gasteiger partial charge in [-0.1, -0.05) is 38.5 Å². The first-order valence-electron chi connectivity index (χ1n) is 10.0. The van der Waals surface area contributed by atoms with Crippen molar-refractivity contribution in [2.75, 3.05) is 13.2 Å². The predicted octanol–water partition coefficient (Wildman–Crippen LogP) is 2.32. The van der Waals surface area contributed by atoms with E-state index in [1.165, 1.54) is 0 Å². The fourth-order valence-electron chi connectivity index (χ4n) is 6.16. The van der Waals surface area contributed by atoms with Crippen LogP contribution < -0.4 is 0 Å². The molecule has 0 unspecified atom stereocenters.